The summed E-state index contributed by atoms with van der Waals surface area (Å²) >= 11 is 0. The Bertz CT molecular complexity index is 699. The van der Waals surface area contributed by atoms with Crippen LogP contribution in [0.25, 0.3) is 0 Å². The van der Waals surface area contributed by atoms with Crippen LogP contribution in [0, 0.1) is 0 Å². The van der Waals surface area contributed by atoms with Crippen molar-refractivity contribution in [3.63, 3.8) is 0 Å². The molecule has 0 unspecified atom stereocenters. The molecule has 0 spiro atoms. The normalized spacial score (nSPS) is 13.6. The molecule has 0 radical (unpaired) electrons. The van der Waals surface area contributed by atoms with E-state index in [4.69, 9.17) is 9.47 Å². The van der Waals surface area contributed by atoms with Crippen molar-refractivity contribution >= 4 is 5.69 Å². The average molecular weight is 301 g/mol. The molecule has 0 atom stereocenters. The highest BCUT2D eigenvalue weighted by Crippen LogP contribution is 2.36. The van der Waals surface area contributed by atoms with Crippen LogP contribution in [0.1, 0.15) is 11.1 Å². The summed E-state index contributed by atoms with van der Waals surface area (Å²) < 4.78 is 10.3. The largest absolute Gasteiger partial charge is 0.504 e. The highest BCUT2D eigenvalue weighted by Gasteiger charge is 2.20. The number of hydrogen-bond acceptors (Lipinski definition) is 5. The summed E-state index contributed by atoms with van der Waals surface area (Å²) in [7, 11) is 3.08. The molecule has 116 valence electrons. The van der Waals surface area contributed by atoms with Gasteiger partial charge in [0.05, 0.1) is 14.2 Å². The van der Waals surface area contributed by atoms with Gasteiger partial charge in [0, 0.05) is 24.8 Å². The van der Waals surface area contributed by atoms with Crippen LogP contribution in [0.4, 0.5) is 5.69 Å². The molecule has 1 aliphatic rings. The van der Waals surface area contributed by atoms with Crippen LogP contribution in [-0.4, -0.2) is 31.0 Å². The molecule has 0 saturated carbocycles. The molecule has 5 nitrogen and oxygen atoms in total. The minimum Gasteiger partial charge on any atom is -0.504 e. The highest BCUT2D eigenvalue weighted by atomic mass is 16.5. The Morgan fingerprint density at radius 1 is 0.909 bits per heavy atom. The van der Waals surface area contributed by atoms with Crippen LogP contribution >= 0.6 is 0 Å². The van der Waals surface area contributed by atoms with Gasteiger partial charge in [0.2, 0.25) is 0 Å². The first-order chi connectivity index (χ1) is 10.6. The number of benzene rings is 2. The summed E-state index contributed by atoms with van der Waals surface area (Å²) in [5.74, 6) is 1.26. The molecular weight excluding hydrogens is 282 g/mol. The van der Waals surface area contributed by atoms with Crippen molar-refractivity contribution < 1.29 is 19.7 Å². The second kappa shape index (κ2) is 5.67. The average Bonchev–Trinajstić information content (AvgIpc) is 2.53. The quantitative estimate of drug-likeness (QED) is 0.912. The smallest absolute Gasteiger partial charge is 0.160 e. The molecule has 0 saturated heterocycles. The maximum atomic E-state index is 9.93. The maximum absolute atomic E-state index is 9.93. The van der Waals surface area contributed by atoms with E-state index in [1.54, 1.807) is 25.3 Å². The summed E-state index contributed by atoms with van der Waals surface area (Å²) in [5.41, 5.74) is 3.19. The Balaban J connectivity index is 1.89. The lowest BCUT2D eigenvalue weighted by molar-refractivity contribution is 0.372. The van der Waals surface area contributed by atoms with Gasteiger partial charge >= 0.3 is 0 Å². The van der Waals surface area contributed by atoms with E-state index >= 15 is 0 Å². The number of hydrogen-bond donors (Lipinski definition) is 2. The molecule has 22 heavy (non-hydrogen) atoms. The number of phenolic OH excluding ortho intramolecular Hbond substituents is 2. The number of methoxy groups -OCH3 is 2. The van der Waals surface area contributed by atoms with Crippen molar-refractivity contribution in [2.75, 3.05) is 25.7 Å². The Morgan fingerprint density at radius 2 is 1.64 bits per heavy atom. The van der Waals surface area contributed by atoms with E-state index in [0.717, 1.165) is 29.8 Å². The summed E-state index contributed by atoms with van der Waals surface area (Å²) in [6.07, 6.45) is 0.833. The Labute approximate surface area is 129 Å². The van der Waals surface area contributed by atoms with Crippen molar-refractivity contribution in [1.29, 1.82) is 0 Å². The van der Waals surface area contributed by atoms with E-state index in [1.165, 1.54) is 7.11 Å². The summed E-state index contributed by atoms with van der Waals surface area (Å²) in [5, 5.41) is 19.8. The van der Waals surface area contributed by atoms with Gasteiger partial charge in [-0.05, 0) is 41.8 Å². The molecule has 5 heteroatoms. The van der Waals surface area contributed by atoms with Gasteiger partial charge in [0.15, 0.2) is 23.0 Å². The van der Waals surface area contributed by atoms with E-state index in [0.29, 0.717) is 18.0 Å². The summed E-state index contributed by atoms with van der Waals surface area (Å²) in [6.45, 7) is 1.53. The number of nitrogens with zero attached hydrogens (tertiary/aromatic N) is 1. The number of rotatable bonds is 3. The maximum Gasteiger partial charge on any atom is 0.160 e. The van der Waals surface area contributed by atoms with Gasteiger partial charge in [0.25, 0.3) is 0 Å². The fraction of sp³-hybridized carbons (Fsp3) is 0.294. The Hall–Kier alpha value is -2.56. The van der Waals surface area contributed by atoms with Crippen LogP contribution in [0.15, 0.2) is 30.3 Å². The first-order valence-corrected chi connectivity index (χ1v) is 7.13. The second-order valence-electron chi connectivity index (χ2n) is 5.32. The number of fused-ring (bicyclic) bond motifs is 1. The van der Waals surface area contributed by atoms with Gasteiger partial charge in [-0.2, -0.15) is 0 Å². The molecule has 0 bridgehead atoms. The second-order valence-corrected chi connectivity index (χ2v) is 5.32. The standard InChI is InChI=1S/C17H19NO4/c1-21-16-4-3-13(9-15(16)20)18-6-5-11-7-14(19)17(22-2)8-12(11)10-18/h3-4,7-9,19-20H,5-6,10H2,1-2H3. The van der Waals surface area contributed by atoms with Crippen LogP contribution < -0.4 is 14.4 Å². The van der Waals surface area contributed by atoms with E-state index in [1.807, 2.05) is 12.1 Å². The molecule has 2 aromatic carbocycles. The zero-order valence-electron chi connectivity index (χ0n) is 12.7. The SMILES string of the molecule is COc1ccc(N2CCc3cc(O)c(OC)cc3C2)cc1O. The van der Waals surface area contributed by atoms with Crippen molar-refractivity contribution in [2.24, 2.45) is 0 Å². The third-order valence-corrected chi connectivity index (χ3v) is 4.04. The first kappa shape index (κ1) is 14.4. The topological polar surface area (TPSA) is 62.2 Å². The predicted molar refractivity (Wildman–Crippen MR) is 84.1 cm³/mol. The third kappa shape index (κ3) is 2.50. The summed E-state index contributed by atoms with van der Waals surface area (Å²) in [4.78, 5) is 2.18. The molecule has 0 fully saturated rings. The molecule has 2 N–H and O–H groups in total. The van der Waals surface area contributed by atoms with Gasteiger partial charge in [-0.3, -0.25) is 0 Å². The lowest BCUT2D eigenvalue weighted by atomic mass is 9.98. The van der Waals surface area contributed by atoms with Gasteiger partial charge in [-0.25, -0.2) is 0 Å². The fourth-order valence-corrected chi connectivity index (χ4v) is 2.83. The lowest BCUT2D eigenvalue weighted by Gasteiger charge is -2.31. The molecule has 1 aliphatic heterocycles. The minimum atomic E-state index is 0.133. The minimum absolute atomic E-state index is 0.133. The van der Waals surface area contributed by atoms with E-state index in [2.05, 4.69) is 4.90 Å². The van der Waals surface area contributed by atoms with Crippen molar-refractivity contribution in [1.82, 2.24) is 0 Å². The molecule has 0 amide bonds. The van der Waals surface area contributed by atoms with Gasteiger partial charge in [-0.1, -0.05) is 0 Å². The molecule has 3 rings (SSSR count). The van der Waals surface area contributed by atoms with Crippen LogP contribution in [-0.2, 0) is 13.0 Å². The molecular formula is C17H19NO4. The van der Waals surface area contributed by atoms with E-state index in [9.17, 15) is 10.2 Å². The van der Waals surface area contributed by atoms with E-state index in [-0.39, 0.29) is 11.5 Å². The third-order valence-electron chi connectivity index (χ3n) is 4.04. The highest BCUT2D eigenvalue weighted by molar-refractivity contribution is 5.58. The van der Waals surface area contributed by atoms with Crippen LogP contribution in [0.2, 0.25) is 0 Å². The van der Waals surface area contributed by atoms with Gasteiger partial charge in [-0.15, -0.1) is 0 Å². The van der Waals surface area contributed by atoms with Crippen molar-refractivity contribution in [3.05, 3.63) is 41.5 Å². The zero-order valence-corrected chi connectivity index (χ0v) is 12.7. The molecule has 0 aliphatic carbocycles. The van der Waals surface area contributed by atoms with Crippen molar-refractivity contribution in [2.45, 2.75) is 13.0 Å². The number of anilines is 1. The van der Waals surface area contributed by atoms with Gasteiger partial charge < -0.3 is 24.6 Å². The Kier molecular flexibility index (Phi) is 3.71. The monoisotopic (exact) mass is 301 g/mol. The molecule has 0 aromatic heterocycles. The zero-order chi connectivity index (χ0) is 15.7. The predicted octanol–water partition coefficient (Wildman–Crippen LogP) is 2.68. The molecule has 2 aromatic rings. The molecule has 1 heterocycles. The number of phenols is 2. The van der Waals surface area contributed by atoms with Gasteiger partial charge in [0.1, 0.15) is 0 Å². The fourth-order valence-electron chi connectivity index (χ4n) is 2.83. The Morgan fingerprint density at radius 3 is 2.32 bits per heavy atom. The summed E-state index contributed by atoms with van der Waals surface area (Å²) in [6, 6.07) is 9.05. The van der Waals surface area contributed by atoms with Crippen LogP contribution in [0.3, 0.4) is 0 Å². The van der Waals surface area contributed by atoms with Crippen molar-refractivity contribution in [3.8, 4) is 23.0 Å². The number of aromatic hydroxyl groups is 2. The van der Waals surface area contributed by atoms with Crippen LogP contribution in [0.5, 0.6) is 23.0 Å². The lowest BCUT2D eigenvalue weighted by Crippen LogP contribution is -2.30. The van der Waals surface area contributed by atoms with E-state index < -0.39 is 0 Å². The first-order valence-electron chi connectivity index (χ1n) is 7.13. The number of ether oxygens (including phenoxy) is 2.